The van der Waals surface area contributed by atoms with Crippen LogP contribution in [0.2, 0.25) is 0 Å². The van der Waals surface area contributed by atoms with Crippen LogP contribution in [0.3, 0.4) is 0 Å². The van der Waals surface area contributed by atoms with E-state index < -0.39 is 6.10 Å². The van der Waals surface area contributed by atoms with Crippen molar-refractivity contribution in [2.24, 2.45) is 0 Å². The highest BCUT2D eigenvalue weighted by Gasteiger charge is 2.19. The van der Waals surface area contributed by atoms with Crippen molar-refractivity contribution in [1.29, 1.82) is 0 Å². The molecule has 2 aromatic carbocycles. The van der Waals surface area contributed by atoms with Gasteiger partial charge in [-0.2, -0.15) is 0 Å². The summed E-state index contributed by atoms with van der Waals surface area (Å²) in [6.45, 7) is 2.06. The van der Waals surface area contributed by atoms with Crippen LogP contribution in [0.15, 0.2) is 54.6 Å². The smallest absolute Gasteiger partial charge is 0.227 e. The van der Waals surface area contributed by atoms with E-state index >= 15 is 0 Å². The molecule has 2 atom stereocenters. The Morgan fingerprint density at radius 3 is 2.32 bits per heavy atom. The lowest BCUT2D eigenvalue weighted by molar-refractivity contribution is -0.123. The molecule has 22 heavy (non-hydrogen) atoms. The predicted molar refractivity (Wildman–Crippen MR) is 83.8 cm³/mol. The molecule has 0 fully saturated rings. The average Bonchev–Trinajstić information content (AvgIpc) is 2.55. The number of aliphatic hydroxyl groups is 1. The third-order valence-corrected chi connectivity index (χ3v) is 3.65. The summed E-state index contributed by atoms with van der Waals surface area (Å²) in [6.07, 6.45) is -0.166. The maximum atomic E-state index is 12.9. The summed E-state index contributed by atoms with van der Waals surface area (Å²) in [5, 5.41) is 12.8. The third-order valence-electron chi connectivity index (χ3n) is 3.65. The summed E-state index contributed by atoms with van der Waals surface area (Å²) in [5.74, 6) is -0.702. The maximum Gasteiger partial charge on any atom is 0.227 e. The van der Waals surface area contributed by atoms with Gasteiger partial charge in [0, 0.05) is 6.54 Å². The van der Waals surface area contributed by atoms with Gasteiger partial charge >= 0.3 is 0 Å². The topological polar surface area (TPSA) is 49.3 Å². The molecule has 3 nitrogen and oxygen atoms in total. The van der Waals surface area contributed by atoms with Crippen LogP contribution in [0.4, 0.5) is 4.39 Å². The summed E-state index contributed by atoms with van der Waals surface area (Å²) in [5.41, 5.74) is 1.54. The van der Waals surface area contributed by atoms with Crippen LogP contribution in [0, 0.1) is 5.82 Å². The van der Waals surface area contributed by atoms with Gasteiger partial charge in [0.1, 0.15) is 5.82 Å². The normalized spacial score (nSPS) is 13.4. The van der Waals surface area contributed by atoms with E-state index in [1.165, 1.54) is 24.3 Å². The molecule has 2 aromatic rings. The van der Waals surface area contributed by atoms with Crippen molar-refractivity contribution in [2.75, 3.05) is 6.54 Å². The van der Waals surface area contributed by atoms with Crippen molar-refractivity contribution in [3.63, 3.8) is 0 Å². The fourth-order valence-electron chi connectivity index (χ4n) is 2.38. The lowest BCUT2D eigenvalue weighted by atomic mass is 9.95. The Bertz CT molecular complexity index is 598. The largest absolute Gasteiger partial charge is 0.387 e. The van der Waals surface area contributed by atoms with E-state index in [0.717, 1.165) is 5.56 Å². The lowest BCUT2D eigenvalue weighted by Crippen LogP contribution is -2.32. The summed E-state index contributed by atoms with van der Waals surface area (Å²) < 4.78 is 12.9. The molecule has 2 rings (SSSR count). The molecule has 0 saturated heterocycles. The van der Waals surface area contributed by atoms with Crippen molar-refractivity contribution >= 4 is 5.91 Å². The van der Waals surface area contributed by atoms with Crippen LogP contribution in [-0.4, -0.2) is 17.6 Å². The Hall–Kier alpha value is -2.20. The van der Waals surface area contributed by atoms with Gasteiger partial charge in [-0.15, -0.1) is 0 Å². The number of hydrogen-bond acceptors (Lipinski definition) is 2. The average molecular weight is 301 g/mol. The van der Waals surface area contributed by atoms with E-state index in [-0.39, 0.29) is 24.2 Å². The second-order valence-electron chi connectivity index (χ2n) is 5.18. The number of aliphatic hydroxyl groups excluding tert-OH is 1. The van der Waals surface area contributed by atoms with Crippen molar-refractivity contribution in [3.8, 4) is 0 Å². The molecule has 0 aliphatic carbocycles. The fraction of sp³-hybridized carbons (Fsp3) is 0.278. The molecule has 0 spiro atoms. The molecule has 0 heterocycles. The van der Waals surface area contributed by atoms with E-state index in [0.29, 0.717) is 12.0 Å². The Balaban J connectivity index is 1.95. The molecule has 0 aliphatic heterocycles. The van der Waals surface area contributed by atoms with Crippen molar-refractivity contribution in [1.82, 2.24) is 5.32 Å². The Kier molecular flexibility index (Phi) is 5.67. The van der Waals surface area contributed by atoms with E-state index in [9.17, 15) is 14.3 Å². The van der Waals surface area contributed by atoms with Crippen LogP contribution in [-0.2, 0) is 4.79 Å². The Labute approximate surface area is 129 Å². The van der Waals surface area contributed by atoms with Gasteiger partial charge in [-0.3, -0.25) is 4.79 Å². The first-order valence-electron chi connectivity index (χ1n) is 7.38. The number of carbonyl (C=O) groups is 1. The van der Waals surface area contributed by atoms with Gasteiger partial charge < -0.3 is 10.4 Å². The van der Waals surface area contributed by atoms with E-state index in [4.69, 9.17) is 0 Å². The lowest BCUT2D eigenvalue weighted by Gasteiger charge is -2.17. The van der Waals surface area contributed by atoms with Gasteiger partial charge in [0.05, 0.1) is 12.0 Å². The van der Waals surface area contributed by atoms with E-state index in [1.54, 1.807) is 0 Å². The minimum absolute atomic E-state index is 0.105. The number of halogens is 1. The molecule has 116 valence electrons. The summed E-state index contributed by atoms with van der Waals surface area (Å²) in [4.78, 5) is 12.3. The maximum absolute atomic E-state index is 12.9. The van der Waals surface area contributed by atoms with Crippen LogP contribution in [0.25, 0.3) is 0 Å². The highest BCUT2D eigenvalue weighted by atomic mass is 19.1. The molecule has 0 aliphatic rings. The minimum atomic E-state index is -0.849. The monoisotopic (exact) mass is 301 g/mol. The van der Waals surface area contributed by atoms with E-state index in [1.807, 2.05) is 37.3 Å². The fourth-order valence-corrected chi connectivity index (χ4v) is 2.38. The second kappa shape index (κ2) is 7.71. The first-order chi connectivity index (χ1) is 10.6. The van der Waals surface area contributed by atoms with Crippen LogP contribution < -0.4 is 5.32 Å². The molecule has 1 amide bonds. The van der Waals surface area contributed by atoms with Gasteiger partial charge in [-0.25, -0.2) is 4.39 Å². The quantitative estimate of drug-likeness (QED) is 0.861. The molecule has 0 radical (unpaired) electrons. The van der Waals surface area contributed by atoms with Crippen molar-refractivity contribution in [2.45, 2.75) is 25.4 Å². The number of rotatable bonds is 6. The zero-order valence-corrected chi connectivity index (χ0v) is 12.5. The van der Waals surface area contributed by atoms with Gasteiger partial charge in [0.15, 0.2) is 0 Å². The first-order valence-corrected chi connectivity index (χ1v) is 7.38. The minimum Gasteiger partial charge on any atom is -0.387 e. The zero-order valence-electron chi connectivity index (χ0n) is 12.5. The standard InChI is InChI=1S/C18H20FNO2/c1-2-16(13-6-4-3-5-7-13)18(22)20-12-17(21)14-8-10-15(19)11-9-14/h3-11,16-17,21H,2,12H2,1H3,(H,20,22). The third kappa shape index (κ3) is 4.15. The molecule has 0 aromatic heterocycles. The van der Waals surface area contributed by atoms with E-state index in [2.05, 4.69) is 5.32 Å². The molecular weight excluding hydrogens is 281 g/mol. The summed E-state index contributed by atoms with van der Waals surface area (Å²) >= 11 is 0. The number of nitrogens with one attached hydrogen (secondary N) is 1. The second-order valence-corrected chi connectivity index (χ2v) is 5.18. The first kappa shape index (κ1) is 16.2. The van der Waals surface area contributed by atoms with Crippen LogP contribution in [0.5, 0.6) is 0 Å². The molecule has 4 heteroatoms. The SMILES string of the molecule is CCC(C(=O)NCC(O)c1ccc(F)cc1)c1ccccc1. The molecule has 2 unspecified atom stereocenters. The number of carbonyl (C=O) groups excluding carboxylic acids is 1. The van der Waals surface area contributed by atoms with Crippen molar-refractivity contribution in [3.05, 3.63) is 71.5 Å². The highest BCUT2D eigenvalue weighted by molar-refractivity contribution is 5.83. The highest BCUT2D eigenvalue weighted by Crippen LogP contribution is 2.20. The molecule has 0 saturated carbocycles. The number of hydrogen-bond donors (Lipinski definition) is 2. The zero-order chi connectivity index (χ0) is 15.9. The van der Waals surface area contributed by atoms with Crippen LogP contribution in [0.1, 0.15) is 36.5 Å². The van der Waals surface area contributed by atoms with Gasteiger partial charge in [0.2, 0.25) is 5.91 Å². The molecule has 0 bridgehead atoms. The number of amides is 1. The summed E-state index contributed by atoms with van der Waals surface area (Å²) in [7, 11) is 0. The molecule has 2 N–H and O–H groups in total. The summed E-state index contributed by atoms with van der Waals surface area (Å²) in [6, 6.07) is 15.2. The number of benzene rings is 2. The van der Waals surface area contributed by atoms with Crippen LogP contribution >= 0.6 is 0 Å². The Morgan fingerprint density at radius 1 is 1.09 bits per heavy atom. The van der Waals surface area contributed by atoms with Gasteiger partial charge in [-0.05, 0) is 29.7 Å². The van der Waals surface area contributed by atoms with Gasteiger partial charge in [-0.1, -0.05) is 49.4 Å². The Morgan fingerprint density at radius 2 is 1.73 bits per heavy atom. The van der Waals surface area contributed by atoms with Gasteiger partial charge in [0.25, 0.3) is 0 Å². The predicted octanol–water partition coefficient (Wildman–Crippen LogP) is 3.17. The molecular formula is C18H20FNO2. The van der Waals surface area contributed by atoms with Crippen molar-refractivity contribution < 1.29 is 14.3 Å².